The van der Waals surface area contributed by atoms with Gasteiger partial charge in [0.1, 0.15) is 11.6 Å². The SMILES string of the molecule is Nc1nc(-c2ccc(F)cc2)cc(-c2cc(Br)ccc2O)n1. The third kappa shape index (κ3) is 2.92. The molecule has 0 saturated heterocycles. The van der Waals surface area contributed by atoms with Crippen molar-refractivity contribution in [1.29, 1.82) is 0 Å². The Morgan fingerprint density at radius 3 is 2.36 bits per heavy atom. The van der Waals surface area contributed by atoms with E-state index in [0.717, 1.165) is 4.47 Å². The number of anilines is 1. The van der Waals surface area contributed by atoms with Crippen LogP contribution in [0.5, 0.6) is 5.75 Å². The van der Waals surface area contributed by atoms with Gasteiger partial charge >= 0.3 is 0 Å². The van der Waals surface area contributed by atoms with Crippen molar-refractivity contribution in [3.8, 4) is 28.3 Å². The van der Waals surface area contributed by atoms with Gasteiger partial charge in [-0.2, -0.15) is 0 Å². The first kappa shape index (κ1) is 14.5. The third-order valence-electron chi connectivity index (χ3n) is 3.12. The predicted octanol–water partition coefficient (Wildman–Crippen LogP) is 4.00. The van der Waals surface area contributed by atoms with Gasteiger partial charge < -0.3 is 10.8 Å². The van der Waals surface area contributed by atoms with Gasteiger partial charge in [0.15, 0.2) is 0 Å². The van der Waals surface area contributed by atoms with Crippen LogP contribution >= 0.6 is 15.9 Å². The number of hydrogen-bond donors (Lipinski definition) is 2. The molecule has 2 aromatic carbocycles. The van der Waals surface area contributed by atoms with E-state index in [-0.39, 0.29) is 17.5 Å². The van der Waals surface area contributed by atoms with E-state index in [2.05, 4.69) is 25.9 Å². The highest BCUT2D eigenvalue weighted by Gasteiger charge is 2.11. The van der Waals surface area contributed by atoms with Crippen LogP contribution in [0.2, 0.25) is 0 Å². The van der Waals surface area contributed by atoms with E-state index in [1.54, 1.807) is 36.4 Å². The van der Waals surface area contributed by atoms with Crippen molar-refractivity contribution in [2.75, 3.05) is 5.73 Å². The van der Waals surface area contributed by atoms with Crippen molar-refractivity contribution < 1.29 is 9.50 Å². The van der Waals surface area contributed by atoms with Gasteiger partial charge in [0.2, 0.25) is 5.95 Å². The molecular formula is C16H11BrFN3O. The van der Waals surface area contributed by atoms with Gasteiger partial charge in [0.05, 0.1) is 11.4 Å². The number of nitrogen functional groups attached to an aromatic ring is 1. The van der Waals surface area contributed by atoms with Crippen LogP contribution in [0.1, 0.15) is 0 Å². The lowest BCUT2D eigenvalue weighted by Crippen LogP contribution is -1.99. The lowest BCUT2D eigenvalue weighted by molar-refractivity contribution is 0.477. The van der Waals surface area contributed by atoms with Crippen LogP contribution in [0.3, 0.4) is 0 Å². The second-order valence-corrected chi connectivity index (χ2v) is 5.58. The Bertz CT molecular complexity index is 837. The summed E-state index contributed by atoms with van der Waals surface area (Å²) in [7, 11) is 0. The number of aromatic nitrogens is 2. The average Bonchev–Trinajstić information content (AvgIpc) is 2.50. The van der Waals surface area contributed by atoms with Gasteiger partial charge in [0.25, 0.3) is 0 Å². The summed E-state index contributed by atoms with van der Waals surface area (Å²) < 4.78 is 13.8. The maximum atomic E-state index is 13.0. The highest BCUT2D eigenvalue weighted by Crippen LogP contribution is 2.32. The topological polar surface area (TPSA) is 72.0 Å². The minimum Gasteiger partial charge on any atom is -0.507 e. The van der Waals surface area contributed by atoms with Gasteiger partial charge in [-0.3, -0.25) is 0 Å². The second-order valence-electron chi connectivity index (χ2n) is 4.66. The molecule has 0 aliphatic carbocycles. The number of nitrogens with zero attached hydrogens (tertiary/aromatic N) is 2. The molecule has 4 nitrogen and oxygen atoms in total. The van der Waals surface area contributed by atoms with Crippen LogP contribution in [-0.2, 0) is 0 Å². The number of phenolic OH excluding ortho intramolecular Hbond substituents is 1. The molecule has 1 heterocycles. The Kier molecular flexibility index (Phi) is 3.77. The van der Waals surface area contributed by atoms with Gasteiger partial charge in [-0.1, -0.05) is 15.9 Å². The molecule has 0 aliphatic rings. The molecule has 0 amide bonds. The molecule has 3 aromatic rings. The molecule has 0 bridgehead atoms. The fourth-order valence-corrected chi connectivity index (χ4v) is 2.45. The maximum Gasteiger partial charge on any atom is 0.221 e. The number of hydrogen-bond acceptors (Lipinski definition) is 4. The smallest absolute Gasteiger partial charge is 0.221 e. The van der Waals surface area contributed by atoms with Crippen LogP contribution in [0.25, 0.3) is 22.5 Å². The van der Waals surface area contributed by atoms with Crippen molar-refractivity contribution in [2.45, 2.75) is 0 Å². The van der Waals surface area contributed by atoms with Crippen LogP contribution in [-0.4, -0.2) is 15.1 Å². The summed E-state index contributed by atoms with van der Waals surface area (Å²) in [5.74, 6) is -0.154. The molecule has 3 rings (SSSR count). The molecule has 3 N–H and O–H groups in total. The Morgan fingerprint density at radius 2 is 1.64 bits per heavy atom. The lowest BCUT2D eigenvalue weighted by Gasteiger charge is -2.08. The molecule has 110 valence electrons. The summed E-state index contributed by atoms with van der Waals surface area (Å²) >= 11 is 3.36. The molecule has 0 radical (unpaired) electrons. The zero-order valence-corrected chi connectivity index (χ0v) is 12.9. The molecule has 0 atom stereocenters. The molecule has 0 spiro atoms. The summed E-state index contributed by atoms with van der Waals surface area (Å²) in [6.07, 6.45) is 0. The maximum absolute atomic E-state index is 13.0. The summed E-state index contributed by atoms with van der Waals surface area (Å²) in [5.41, 5.74) is 8.06. The van der Waals surface area contributed by atoms with Gasteiger partial charge in [-0.05, 0) is 48.5 Å². The Morgan fingerprint density at radius 1 is 0.955 bits per heavy atom. The quantitative estimate of drug-likeness (QED) is 0.725. The summed E-state index contributed by atoms with van der Waals surface area (Å²) in [6, 6.07) is 12.7. The van der Waals surface area contributed by atoms with E-state index in [1.807, 2.05) is 0 Å². The van der Waals surface area contributed by atoms with Gasteiger partial charge in [-0.15, -0.1) is 0 Å². The molecule has 0 unspecified atom stereocenters. The third-order valence-corrected chi connectivity index (χ3v) is 3.61. The summed E-state index contributed by atoms with van der Waals surface area (Å²) in [6.45, 7) is 0. The zero-order valence-electron chi connectivity index (χ0n) is 11.3. The van der Waals surface area contributed by atoms with E-state index >= 15 is 0 Å². The average molecular weight is 360 g/mol. The Labute approximate surface area is 134 Å². The second kappa shape index (κ2) is 5.73. The molecule has 22 heavy (non-hydrogen) atoms. The van der Waals surface area contributed by atoms with E-state index in [4.69, 9.17) is 5.73 Å². The molecular weight excluding hydrogens is 349 g/mol. The van der Waals surface area contributed by atoms with Crippen molar-refractivity contribution in [3.63, 3.8) is 0 Å². The number of halogens is 2. The fourth-order valence-electron chi connectivity index (χ4n) is 2.09. The Hall–Kier alpha value is -2.47. The highest BCUT2D eigenvalue weighted by molar-refractivity contribution is 9.10. The first-order chi connectivity index (χ1) is 10.5. The number of phenols is 1. The number of aromatic hydroxyl groups is 1. The normalized spacial score (nSPS) is 10.6. The monoisotopic (exact) mass is 359 g/mol. The predicted molar refractivity (Wildman–Crippen MR) is 86.6 cm³/mol. The van der Waals surface area contributed by atoms with Crippen LogP contribution in [0.15, 0.2) is 53.0 Å². The van der Waals surface area contributed by atoms with Crippen molar-refractivity contribution >= 4 is 21.9 Å². The van der Waals surface area contributed by atoms with E-state index in [1.165, 1.54) is 12.1 Å². The molecule has 0 aliphatic heterocycles. The first-order valence-corrected chi connectivity index (χ1v) is 7.21. The van der Waals surface area contributed by atoms with Crippen LogP contribution < -0.4 is 5.73 Å². The van der Waals surface area contributed by atoms with Crippen molar-refractivity contribution in [2.24, 2.45) is 0 Å². The van der Waals surface area contributed by atoms with Crippen LogP contribution in [0.4, 0.5) is 10.3 Å². The van der Waals surface area contributed by atoms with Gasteiger partial charge in [0, 0.05) is 15.6 Å². The number of nitrogens with two attached hydrogens (primary N) is 1. The van der Waals surface area contributed by atoms with E-state index < -0.39 is 0 Å². The molecule has 1 aromatic heterocycles. The summed E-state index contributed by atoms with van der Waals surface area (Å²) in [5, 5.41) is 10.0. The molecule has 6 heteroatoms. The molecule has 0 saturated carbocycles. The van der Waals surface area contributed by atoms with E-state index in [0.29, 0.717) is 22.5 Å². The first-order valence-electron chi connectivity index (χ1n) is 6.42. The largest absolute Gasteiger partial charge is 0.507 e. The summed E-state index contributed by atoms with van der Waals surface area (Å²) in [4.78, 5) is 8.32. The highest BCUT2D eigenvalue weighted by atomic mass is 79.9. The van der Waals surface area contributed by atoms with Crippen molar-refractivity contribution in [1.82, 2.24) is 9.97 Å². The number of rotatable bonds is 2. The van der Waals surface area contributed by atoms with E-state index in [9.17, 15) is 9.50 Å². The molecule has 0 fully saturated rings. The van der Waals surface area contributed by atoms with Gasteiger partial charge in [-0.25, -0.2) is 14.4 Å². The Balaban J connectivity index is 2.14. The van der Waals surface area contributed by atoms with Crippen molar-refractivity contribution in [3.05, 3.63) is 58.8 Å². The van der Waals surface area contributed by atoms with Crippen LogP contribution in [0, 0.1) is 5.82 Å². The minimum atomic E-state index is -0.323. The number of benzene rings is 2. The fraction of sp³-hybridized carbons (Fsp3) is 0. The minimum absolute atomic E-state index is 0.0798. The zero-order chi connectivity index (χ0) is 15.7. The standard InChI is InChI=1S/C16H11BrFN3O/c17-10-3-6-15(22)12(7-10)14-8-13(20-16(19)21-14)9-1-4-11(18)5-2-9/h1-8,22H,(H2,19,20,21). The lowest BCUT2D eigenvalue weighted by atomic mass is 10.1.